The zero-order valence-corrected chi connectivity index (χ0v) is 14.5. The number of rotatable bonds is 2. The van der Waals surface area contributed by atoms with E-state index >= 15 is 0 Å². The molecular formula is C23H17N3O. The van der Waals surface area contributed by atoms with Gasteiger partial charge in [0.15, 0.2) is 5.88 Å². The van der Waals surface area contributed by atoms with Gasteiger partial charge in [0.2, 0.25) is 0 Å². The van der Waals surface area contributed by atoms with Crippen LogP contribution in [0.1, 0.15) is 0 Å². The molecule has 2 heterocycles. The minimum absolute atomic E-state index is 0.123. The van der Waals surface area contributed by atoms with E-state index in [4.69, 9.17) is 10.7 Å². The monoisotopic (exact) mass is 351 g/mol. The molecule has 5 rings (SSSR count). The lowest BCUT2D eigenvalue weighted by Gasteiger charge is -2.06. The first-order valence-corrected chi connectivity index (χ1v) is 8.76. The molecule has 0 amide bonds. The number of nitrogens with zero attached hydrogens (tertiary/aromatic N) is 1. The number of pyridine rings is 1. The molecule has 4 nitrogen and oxygen atoms in total. The molecule has 0 unspecified atom stereocenters. The van der Waals surface area contributed by atoms with Crippen molar-refractivity contribution in [2.45, 2.75) is 0 Å². The van der Waals surface area contributed by atoms with Crippen LogP contribution in [0.5, 0.6) is 5.88 Å². The number of hydrogen-bond acceptors (Lipinski definition) is 3. The highest BCUT2D eigenvalue weighted by atomic mass is 16.3. The van der Waals surface area contributed by atoms with Gasteiger partial charge < -0.3 is 15.8 Å². The average Bonchev–Trinajstić information content (AvgIpc) is 3.02. The number of aromatic amines is 1. The number of nitrogen functional groups attached to an aromatic ring is 1. The fourth-order valence-electron chi connectivity index (χ4n) is 3.54. The van der Waals surface area contributed by atoms with Crippen molar-refractivity contribution in [2.75, 3.05) is 5.73 Å². The highest BCUT2D eigenvalue weighted by molar-refractivity contribution is 6.01. The number of fused-ring (bicyclic) bond motifs is 2. The van der Waals surface area contributed by atoms with Gasteiger partial charge in [-0.15, -0.1) is 0 Å². The number of anilines is 1. The van der Waals surface area contributed by atoms with Crippen LogP contribution < -0.4 is 5.73 Å². The summed E-state index contributed by atoms with van der Waals surface area (Å²) in [6.07, 6.45) is 0. The van der Waals surface area contributed by atoms with E-state index in [2.05, 4.69) is 11.1 Å². The summed E-state index contributed by atoms with van der Waals surface area (Å²) in [6.45, 7) is 0. The van der Waals surface area contributed by atoms with Crippen molar-refractivity contribution >= 4 is 27.5 Å². The number of nitrogens with one attached hydrogen (secondary N) is 1. The Labute approximate surface area is 155 Å². The average molecular weight is 351 g/mol. The van der Waals surface area contributed by atoms with Crippen LogP contribution in [0.25, 0.3) is 44.2 Å². The van der Waals surface area contributed by atoms with Crippen LogP contribution in [0.15, 0.2) is 78.9 Å². The van der Waals surface area contributed by atoms with E-state index < -0.39 is 0 Å². The predicted octanol–water partition coefficient (Wildman–Crippen LogP) is 5.34. The number of H-pyrrole nitrogens is 1. The van der Waals surface area contributed by atoms with E-state index in [0.717, 1.165) is 44.3 Å². The Bertz CT molecular complexity index is 1300. The lowest BCUT2D eigenvalue weighted by molar-refractivity contribution is 0.460. The zero-order chi connectivity index (χ0) is 18.4. The van der Waals surface area contributed by atoms with Crippen molar-refractivity contribution in [1.29, 1.82) is 0 Å². The first-order valence-electron chi connectivity index (χ1n) is 8.76. The van der Waals surface area contributed by atoms with Crippen molar-refractivity contribution < 1.29 is 5.11 Å². The van der Waals surface area contributed by atoms with Gasteiger partial charge in [-0.2, -0.15) is 0 Å². The molecular weight excluding hydrogens is 334 g/mol. The van der Waals surface area contributed by atoms with Crippen LogP contribution in [0.3, 0.4) is 0 Å². The third kappa shape index (κ3) is 2.59. The molecule has 130 valence electrons. The maximum atomic E-state index is 10.5. The Hall–Kier alpha value is -3.79. The third-order valence-corrected chi connectivity index (χ3v) is 4.85. The van der Waals surface area contributed by atoms with Gasteiger partial charge in [0.1, 0.15) is 0 Å². The number of para-hydroxylation sites is 1. The Balaban J connectivity index is 1.73. The maximum Gasteiger partial charge on any atom is 0.199 e. The fraction of sp³-hybridized carbons (Fsp3) is 0. The highest BCUT2D eigenvalue weighted by Crippen LogP contribution is 2.38. The standard InChI is InChI=1S/C23H17N3O/c24-17-6-3-5-15(12-17)16-9-10-20-18(13-16)22(23(27)26-20)21-11-8-14-4-1-2-7-19(14)25-21/h1-13,26-27H,24H2. The summed E-state index contributed by atoms with van der Waals surface area (Å²) in [5, 5.41) is 12.5. The molecule has 0 bridgehead atoms. The lowest BCUT2D eigenvalue weighted by atomic mass is 10.0. The van der Waals surface area contributed by atoms with Gasteiger partial charge in [-0.25, -0.2) is 4.98 Å². The number of aromatic hydroxyl groups is 1. The molecule has 0 aliphatic rings. The number of benzene rings is 3. The Kier molecular flexibility index (Phi) is 3.37. The van der Waals surface area contributed by atoms with Gasteiger partial charge in [-0.1, -0.05) is 42.5 Å². The van der Waals surface area contributed by atoms with Gasteiger partial charge in [-0.3, -0.25) is 0 Å². The van der Waals surface area contributed by atoms with E-state index in [1.165, 1.54) is 0 Å². The second-order valence-corrected chi connectivity index (χ2v) is 6.62. The van der Waals surface area contributed by atoms with Crippen molar-refractivity contribution in [3.05, 3.63) is 78.9 Å². The molecule has 4 N–H and O–H groups in total. The van der Waals surface area contributed by atoms with Gasteiger partial charge >= 0.3 is 0 Å². The topological polar surface area (TPSA) is 74.9 Å². The summed E-state index contributed by atoms with van der Waals surface area (Å²) in [7, 11) is 0. The summed E-state index contributed by atoms with van der Waals surface area (Å²) >= 11 is 0. The second-order valence-electron chi connectivity index (χ2n) is 6.62. The van der Waals surface area contributed by atoms with Gasteiger partial charge in [-0.05, 0) is 47.5 Å². The van der Waals surface area contributed by atoms with E-state index in [1.807, 2.05) is 72.8 Å². The molecule has 0 saturated heterocycles. The molecule has 0 spiro atoms. The number of hydrogen-bond donors (Lipinski definition) is 3. The smallest absolute Gasteiger partial charge is 0.199 e. The Morgan fingerprint density at radius 3 is 2.56 bits per heavy atom. The van der Waals surface area contributed by atoms with Crippen molar-refractivity contribution in [2.24, 2.45) is 0 Å². The highest BCUT2D eigenvalue weighted by Gasteiger charge is 2.15. The quantitative estimate of drug-likeness (QED) is 0.376. The van der Waals surface area contributed by atoms with E-state index in [0.29, 0.717) is 5.56 Å². The Morgan fingerprint density at radius 1 is 0.815 bits per heavy atom. The molecule has 5 aromatic rings. The largest absolute Gasteiger partial charge is 0.494 e. The molecule has 0 atom stereocenters. The molecule has 27 heavy (non-hydrogen) atoms. The maximum absolute atomic E-state index is 10.5. The number of nitrogens with two attached hydrogens (primary N) is 1. The fourth-order valence-corrected chi connectivity index (χ4v) is 3.54. The molecule has 0 aliphatic carbocycles. The SMILES string of the molecule is Nc1cccc(-c2ccc3[nH]c(O)c(-c4ccc5ccccc5n4)c3c2)c1. The zero-order valence-electron chi connectivity index (χ0n) is 14.5. The summed E-state index contributed by atoms with van der Waals surface area (Å²) < 4.78 is 0. The van der Waals surface area contributed by atoms with E-state index in [1.54, 1.807) is 0 Å². The van der Waals surface area contributed by atoms with Crippen LogP contribution in [0, 0.1) is 0 Å². The summed E-state index contributed by atoms with van der Waals surface area (Å²) in [6, 6.07) is 25.8. The van der Waals surface area contributed by atoms with Crippen LogP contribution >= 0.6 is 0 Å². The second kappa shape index (κ2) is 5.88. The third-order valence-electron chi connectivity index (χ3n) is 4.85. The van der Waals surface area contributed by atoms with Gasteiger partial charge in [0.05, 0.1) is 16.8 Å². The lowest BCUT2D eigenvalue weighted by Crippen LogP contribution is -1.86. The van der Waals surface area contributed by atoms with Crippen LogP contribution in [0.4, 0.5) is 5.69 Å². The van der Waals surface area contributed by atoms with Gasteiger partial charge in [0, 0.05) is 22.0 Å². The minimum Gasteiger partial charge on any atom is -0.494 e. The summed E-state index contributed by atoms with van der Waals surface area (Å²) in [5.41, 5.74) is 11.9. The van der Waals surface area contributed by atoms with Crippen molar-refractivity contribution in [3.8, 4) is 28.3 Å². The first kappa shape index (κ1) is 15.5. The predicted molar refractivity (Wildman–Crippen MR) is 111 cm³/mol. The molecule has 3 aromatic carbocycles. The first-order chi connectivity index (χ1) is 13.2. The van der Waals surface area contributed by atoms with E-state index in [9.17, 15) is 5.11 Å². The summed E-state index contributed by atoms with van der Waals surface area (Å²) in [4.78, 5) is 7.80. The minimum atomic E-state index is 0.123. The van der Waals surface area contributed by atoms with Crippen LogP contribution in [-0.2, 0) is 0 Å². The summed E-state index contributed by atoms with van der Waals surface area (Å²) in [5.74, 6) is 0.123. The van der Waals surface area contributed by atoms with Crippen LogP contribution in [0.2, 0.25) is 0 Å². The van der Waals surface area contributed by atoms with Crippen molar-refractivity contribution in [1.82, 2.24) is 9.97 Å². The van der Waals surface area contributed by atoms with E-state index in [-0.39, 0.29) is 5.88 Å². The van der Waals surface area contributed by atoms with Gasteiger partial charge in [0.25, 0.3) is 0 Å². The van der Waals surface area contributed by atoms with Crippen LogP contribution in [-0.4, -0.2) is 15.1 Å². The molecule has 0 aliphatic heterocycles. The molecule has 0 saturated carbocycles. The normalized spacial score (nSPS) is 11.3. The number of aromatic nitrogens is 2. The molecule has 0 radical (unpaired) electrons. The Morgan fingerprint density at radius 2 is 1.67 bits per heavy atom. The molecule has 2 aromatic heterocycles. The van der Waals surface area contributed by atoms with Crippen molar-refractivity contribution in [3.63, 3.8) is 0 Å². The molecule has 4 heteroatoms. The molecule has 0 fully saturated rings.